The molecule has 26 heavy (non-hydrogen) atoms. The molecule has 1 aromatic rings. The van der Waals surface area contributed by atoms with Gasteiger partial charge in [0.05, 0.1) is 0 Å². The third-order valence-electron chi connectivity index (χ3n) is 2.13. The summed E-state index contributed by atoms with van der Waals surface area (Å²) in [5.74, 6) is 0. The van der Waals surface area contributed by atoms with Gasteiger partial charge in [0.2, 0.25) is 0 Å². The number of rotatable bonds is 0. The van der Waals surface area contributed by atoms with Crippen LogP contribution in [-0.4, -0.2) is 0 Å². The van der Waals surface area contributed by atoms with E-state index in [4.69, 9.17) is 27.9 Å². The van der Waals surface area contributed by atoms with E-state index in [0.717, 1.165) is 12.8 Å². The third kappa shape index (κ3) is 30.1. The Labute approximate surface area is 174 Å². The topological polar surface area (TPSA) is 119 Å². The SMILES string of the molecule is C1=C\Cc2ccccc2/C=C\C/1.[C-]#[O+].[C-]#[O+].[C-]#[O+].[C-]#[O+].[C-]#[O+].[C-]#[O+].[Fe].[Fe]. The van der Waals surface area contributed by atoms with Crippen LogP contribution in [0.15, 0.2) is 42.5 Å². The van der Waals surface area contributed by atoms with Crippen LogP contribution in [0.2, 0.25) is 0 Å². The fourth-order valence-electron chi connectivity index (χ4n) is 1.46. The van der Waals surface area contributed by atoms with E-state index in [1.807, 2.05) is 0 Å². The summed E-state index contributed by atoms with van der Waals surface area (Å²) in [5, 5.41) is 0. The Morgan fingerprint density at radius 3 is 1.46 bits per heavy atom. The van der Waals surface area contributed by atoms with Gasteiger partial charge in [-0.2, -0.15) is 0 Å². The van der Waals surface area contributed by atoms with Gasteiger partial charge in [-0.1, -0.05) is 48.6 Å². The molecule has 1 aromatic carbocycles. The molecule has 0 aliphatic heterocycles. The second kappa shape index (κ2) is 56.7. The van der Waals surface area contributed by atoms with Gasteiger partial charge < -0.3 is 0 Å². The summed E-state index contributed by atoms with van der Waals surface area (Å²) in [5.41, 5.74) is 2.78. The first-order valence-electron chi connectivity index (χ1n) is 5.59. The molecular formula is C18H12Fe2O6. The van der Waals surface area contributed by atoms with Crippen molar-refractivity contribution < 1.29 is 62.1 Å². The third-order valence-corrected chi connectivity index (χ3v) is 2.13. The molecule has 1 aliphatic rings. The maximum Gasteiger partial charge on any atom is 0 e. The van der Waals surface area contributed by atoms with Gasteiger partial charge in [0.15, 0.2) is 0 Å². The molecule has 8 heteroatoms. The molecule has 0 spiro atoms. The minimum Gasteiger partial charge on any atom is 0 e. The zero-order valence-electron chi connectivity index (χ0n) is 13.2. The van der Waals surface area contributed by atoms with E-state index in [1.54, 1.807) is 0 Å². The van der Waals surface area contributed by atoms with Crippen molar-refractivity contribution in [2.45, 2.75) is 12.8 Å². The fourth-order valence-corrected chi connectivity index (χ4v) is 1.46. The summed E-state index contributed by atoms with van der Waals surface area (Å²) in [6.45, 7) is 27.0. The van der Waals surface area contributed by atoms with E-state index in [9.17, 15) is 0 Å². The number of benzene rings is 1. The molecule has 0 unspecified atom stereocenters. The Bertz CT molecular complexity index is 520. The Kier molecular flexibility index (Phi) is 96.0. The summed E-state index contributed by atoms with van der Waals surface area (Å²) in [6, 6.07) is 8.55. The van der Waals surface area contributed by atoms with Gasteiger partial charge in [0.25, 0.3) is 0 Å². The maximum atomic E-state index is 7.50. The molecule has 0 aromatic heterocycles. The van der Waals surface area contributed by atoms with Crippen LogP contribution in [0.4, 0.5) is 0 Å². The zero-order valence-corrected chi connectivity index (χ0v) is 15.4. The van der Waals surface area contributed by atoms with E-state index in [1.165, 1.54) is 11.1 Å². The fraction of sp³-hybridized carbons (Fsp3) is 0.111. The van der Waals surface area contributed by atoms with Crippen molar-refractivity contribution in [3.05, 3.63) is 93.5 Å². The van der Waals surface area contributed by atoms with Gasteiger partial charge in [-0.25, -0.2) is 0 Å². The van der Waals surface area contributed by atoms with Crippen LogP contribution < -0.4 is 0 Å². The Hall–Kier alpha value is -1.82. The van der Waals surface area contributed by atoms with Crippen molar-refractivity contribution in [2.75, 3.05) is 0 Å². The predicted octanol–water partition coefficient (Wildman–Crippen LogP) is 2.97. The number of fused-ring (bicyclic) bond motifs is 1. The van der Waals surface area contributed by atoms with Crippen molar-refractivity contribution in [1.82, 2.24) is 0 Å². The molecule has 1 aliphatic carbocycles. The van der Waals surface area contributed by atoms with Gasteiger partial charge in [0.1, 0.15) is 0 Å². The van der Waals surface area contributed by atoms with Gasteiger partial charge in [0, 0.05) is 34.1 Å². The van der Waals surface area contributed by atoms with Crippen LogP contribution in [0.1, 0.15) is 17.5 Å². The largest absolute Gasteiger partial charge is 0 e. The van der Waals surface area contributed by atoms with Crippen LogP contribution in [0.3, 0.4) is 0 Å². The van der Waals surface area contributed by atoms with Crippen molar-refractivity contribution in [3.8, 4) is 0 Å². The van der Waals surface area contributed by atoms with Crippen LogP contribution in [0.5, 0.6) is 0 Å². The van der Waals surface area contributed by atoms with Gasteiger partial charge in [-0.05, 0) is 24.0 Å². The summed E-state index contributed by atoms with van der Waals surface area (Å²) in [6.07, 6.45) is 11.0. The first kappa shape index (κ1) is 44.0. The summed E-state index contributed by atoms with van der Waals surface area (Å²) in [7, 11) is 0. The summed E-state index contributed by atoms with van der Waals surface area (Å²) >= 11 is 0. The maximum absolute atomic E-state index is 7.50. The molecule has 0 saturated carbocycles. The van der Waals surface area contributed by atoms with Gasteiger partial charge in [-0.3, -0.25) is 0 Å². The van der Waals surface area contributed by atoms with Crippen LogP contribution in [0, 0.1) is 39.9 Å². The quantitative estimate of drug-likeness (QED) is 0.257. The molecule has 6 nitrogen and oxygen atoms in total. The van der Waals surface area contributed by atoms with E-state index in [-0.39, 0.29) is 34.1 Å². The molecule has 2 rings (SSSR count). The van der Waals surface area contributed by atoms with Crippen molar-refractivity contribution in [3.63, 3.8) is 0 Å². The standard InChI is InChI=1S/C12H12.6CO.2Fe/c1-2-4-8-12-10-6-5-9-11(12)7-3-1;6*1-2;;/h1,3-6,8-10H,2,7H2;;;;;;;;/b3-1-,8-4-;;;;;;;;. The Morgan fingerprint density at radius 2 is 1.00 bits per heavy atom. The van der Waals surface area contributed by atoms with Gasteiger partial charge >= 0.3 is 67.8 Å². The molecule has 0 fully saturated rings. The molecule has 0 radical (unpaired) electrons. The van der Waals surface area contributed by atoms with Crippen LogP contribution in [-0.2, 0) is 68.5 Å². The first-order valence-corrected chi connectivity index (χ1v) is 5.59. The normalized spacial score (nSPS) is 9.85. The molecule has 0 bridgehead atoms. The van der Waals surface area contributed by atoms with Gasteiger partial charge in [-0.15, -0.1) is 0 Å². The van der Waals surface area contributed by atoms with E-state index in [2.05, 4.69) is 88.5 Å². The van der Waals surface area contributed by atoms with E-state index < -0.39 is 0 Å². The van der Waals surface area contributed by atoms with E-state index >= 15 is 0 Å². The number of hydrogen-bond donors (Lipinski definition) is 0. The number of allylic oxidation sites excluding steroid dienone is 3. The molecule has 136 valence electrons. The van der Waals surface area contributed by atoms with E-state index in [0.29, 0.717) is 0 Å². The average molecular weight is 436 g/mol. The minimum absolute atomic E-state index is 0. The second-order valence-corrected chi connectivity index (χ2v) is 3.01. The summed E-state index contributed by atoms with van der Waals surface area (Å²) in [4.78, 5) is 0. The average Bonchev–Trinajstić information content (AvgIpc) is 2.72. The monoisotopic (exact) mass is 436 g/mol. The molecule has 0 atom stereocenters. The smallest absolute Gasteiger partial charge is 0 e. The first-order chi connectivity index (χ1) is 12.0. The molecule has 0 heterocycles. The second-order valence-electron chi connectivity index (χ2n) is 3.01. The molecule has 0 N–H and O–H groups in total. The van der Waals surface area contributed by atoms with Crippen molar-refractivity contribution in [1.29, 1.82) is 0 Å². The Morgan fingerprint density at radius 1 is 0.577 bits per heavy atom. The zero-order chi connectivity index (χ0) is 20.2. The molecule has 0 amide bonds. The summed E-state index contributed by atoms with van der Waals surface area (Å²) < 4.78 is 45.0. The van der Waals surface area contributed by atoms with Crippen molar-refractivity contribution >= 4 is 6.08 Å². The molecular weight excluding hydrogens is 424 g/mol. The van der Waals surface area contributed by atoms with Crippen LogP contribution >= 0.6 is 0 Å². The Balaban J connectivity index is -0.0000000448. The number of hydrogen-bond acceptors (Lipinski definition) is 0. The minimum atomic E-state index is 0. The molecule has 0 saturated heterocycles. The van der Waals surface area contributed by atoms with Crippen molar-refractivity contribution in [2.24, 2.45) is 0 Å². The predicted molar refractivity (Wildman–Crippen MR) is 76.5 cm³/mol. The van der Waals surface area contributed by atoms with Crippen LogP contribution in [0.25, 0.3) is 6.08 Å².